The first kappa shape index (κ1) is 12.4. The zero-order valence-corrected chi connectivity index (χ0v) is 10.4. The van der Waals surface area contributed by atoms with E-state index in [1.54, 1.807) is 4.90 Å². The highest BCUT2D eigenvalue weighted by molar-refractivity contribution is 5.86. The van der Waals surface area contributed by atoms with Crippen LogP contribution in [0.1, 0.15) is 19.8 Å². The van der Waals surface area contributed by atoms with E-state index in [0.29, 0.717) is 12.5 Å². The summed E-state index contributed by atoms with van der Waals surface area (Å²) < 4.78 is 4.75. The monoisotopic (exact) mass is 240 g/mol. The van der Waals surface area contributed by atoms with E-state index in [1.165, 1.54) is 7.11 Å². The molecule has 1 N–H and O–H groups in total. The maximum Gasteiger partial charge on any atom is 0.328 e. The van der Waals surface area contributed by atoms with Crippen LogP contribution in [0.3, 0.4) is 0 Å². The van der Waals surface area contributed by atoms with Crippen LogP contribution in [0, 0.1) is 11.8 Å². The van der Waals surface area contributed by atoms with Crippen LogP contribution < -0.4 is 5.32 Å². The van der Waals surface area contributed by atoms with Crippen LogP contribution in [0.25, 0.3) is 0 Å². The number of esters is 1. The van der Waals surface area contributed by atoms with Crippen LogP contribution >= 0.6 is 0 Å². The zero-order valence-electron chi connectivity index (χ0n) is 10.4. The Labute approximate surface area is 101 Å². The smallest absolute Gasteiger partial charge is 0.328 e. The molecule has 5 nitrogen and oxygen atoms in total. The lowest BCUT2D eigenvalue weighted by Gasteiger charge is -2.35. The lowest BCUT2D eigenvalue weighted by Crippen LogP contribution is -2.52. The molecule has 96 valence electrons. The summed E-state index contributed by atoms with van der Waals surface area (Å²) in [5.41, 5.74) is 0. The van der Waals surface area contributed by atoms with Crippen molar-refractivity contribution in [2.75, 3.05) is 26.7 Å². The number of nitrogens with zero attached hydrogens (tertiary/aromatic N) is 1. The Kier molecular flexibility index (Phi) is 3.66. The molecule has 0 bridgehead atoms. The van der Waals surface area contributed by atoms with Gasteiger partial charge in [-0.3, -0.25) is 4.79 Å². The van der Waals surface area contributed by atoms with E-state index in [9.17, 15) is 9.59 Å². The predicted molar refractivity (Wildman–Crippen MR) is 62.3 cm³/mol. The molecule has 0 aromatic rings. The fraction of sp³-hybridized carbons (Fsp3) is 0.833. The molecule has 0 aromatic carbocycles. The van der Waals surface area contributed by atoms with Crippen molar-refractivity contribution in [2.45, 2.75) is 25.8 Å². The van der Waals surface area contributed by atoms with Gasteiger partial charge in [0.25, 0.3) is 0 Å². The van der Waals surface area contributed by atoms with Gasteiger partial charge in [-0.1, -0.05) is 6.92 Å². The highest BCUT2D eigenvalue weighted by Crippen LogP contribution is 2.25. The minimum absolute atomic E-state index is 0.00139. The summed E-state index contributed by atoms with van der Waals surface area (Å²) in [7, 11) is 1.38. The van der Waals surface area contributed by atoms with Crippen molar-refractivity contribution in [3.63, 3.8) is 0 Å². The SMILES string of the molecule is COC(=O)C1CCCN1C(=O)C(C)C1CNC1. The van der Waals surface area contributed by atoms with E-state index in [2.05, 4.69) is 5.32 Å². The number of hydrogen-bond acceptors (Lipinski definition) is 4. The summed E-state index contributed by atoms with van der Waals surface area (Å²) >= 11 is 0. The molecule has 2 aliphatic heterocycles. The van der Waals surface area contributed by atoms with Crippen molar-refractivity contribution >= 4 is 11.9 Å². The van der Waals surface area contributed by atoms with Crippen LogP contribution in [0.5, 0.6) is 0 Å². The Hall–Kier alpha value is -1.10. The highest BCUT2D eigenvalue weighted by atomic mass is 16.5. The number of ether oxygens (including phenoxy) is 1. The van der Waals surface area contributed by atoms with Crippen LogP contribution in [-0.2, 0) is 14.3 Å². The fourth-order valence-corrected chi connectivity index (χ4v) is 2.54. The van der Waals surface area contributed by atoms with Crippen molar-refractivity contribution in [3.05, 3.63) is 0 Å². The van der Waals surface area contributed by atoms with Gasteiger partial charge in [0.15, 0.2) is 0 Å². The highest BCUT2D eigenvalue weighted by Gasteiger charge is 2.39. The Balaban J connectivity index is 1.99. The summed E-state index contributed by atoms with van der Waals surface area (Å²) in [4.78, 5) is 25.6. The second-order valence-corrected chi connectivity index (χ2v) is 4.92. The van der Waals surface area contributed by atoms with E-state index in [4.69, 9.17) is 4.74 Å². The number of nitrogens with one attached hydrogen (secondary N) is 1. The second kappa shape index (κ2) is 5.04. The third-order valence-corrected chi connectivity index (χ3v) is 3.92. The van der Waals surface area contributed by atoms with Crippen molar-refractivity contribution in [1.82, 2.24) is 10.2 Å². The van der Waals surface area contributed by atoms with Gasteiger partial charge in [-0.2, -0.15) is 0 Å². The third kappa shape index (κ3) is 2.29. The lowest BCUT2D eigenvalue weighted by atomic mass is 9.88. The maximum atomic E-state index is 12.3. The molecule has 2 fully saturated rings. The quantitative estimate of drug-likeness (QED) is 0.706. The number of rotatable bonds is 3. The van der Waals surface area contributed by atoms with Gasteiger partial charge in [0.05, 0.1) is 7.11 Å². The summed E-state index contributed by atoms with van der Waals surface area (Å²) in [5, 5.41) is 3.17. The Bertz CT molecular complexity index is 315. The molecule has 0 saturated carbocycles. The number of likely N-dealkylation sites (tertiary alicyclic amines) is 1. The third-order valence-electron chi connectivity index (χ3n) is 3.92. The number of carbonyl (C=O) groups excluding carboxylic acids is 2. The number of methoxy groups -OCH3 is 1. The van der Waals surface area contributed by atoms with Gasteiger partial charge in [0.1, 0.15) is 6.04 Å². The first-order valence-corrected chi connectivity index (χ1v) is 6.24. The summed E-state index contributed by atoms with van der Waals surface area (Å²) in [6.07, 6.45) is 1.62. The molecule has 2 unspecified atom stereocenters. The van der Waals surface area contributed by atoms with Crippen LogP contribution in [0.15, 0.2) is 0 Å². The molecule has 1 amide bonds. The molecule has 17 heavy (non-hydrogen) atoms. The Morgan fingerprint density at radius 1 is 1.41 bits per heavy atom. The molecule has 2 atom stereocenters. The molecule has 2 rings (SSSR count). The molecular weight excluding hydrogens is 220 g/mol. The first-order chi connectivity index (χ1) is 8.15. The predicted octanol–water partition coefficient (Wildman–Crippen LogP) is 0.00590. The minimum atomic E-state index is -0.358. The average Bonchev–Trinajstić information content (AvgIpc) is 2.73. The van der Waals surface area contributed by atoms with Gasteiger partial charge < -0.3 is 15.0 Å². The molecule has 0 aromatic heterocycles. The molecule has 0 spiro atoms. The van der Waals surface area contributed by atoms with Gasteiger partial charge in [-0.15, -0.1) is 0 Å². The molecular formula is C12H20N2O3. The fourth-order valence-electron chi connectivity index (χ4n) is 2.54. The van der Waals surface area contributed by atoms with E-state index in [-0.39, 0.29) is 23.8 Å². The topological polar surface area (TPSA) is 58.6 Å². The van der Waals surface area contributed by atoms with Crippen molar-refractivity contribution in [2.24, 2.45) is 11.8 Å². The van der Waals surface area contributed by atoms with Crippen LogP contribution in [0.4, 0.5) is 0 Å². The number of carbonyl (C=O) groups is 2. The molecule has 5 heteroatoms. The van der Waals surface area contributed by atoms with E-state index >= 15 is 0 Å². The van der Waals surface area contributed by atoms with Crippen LogP contribution in [-0.4, -0.2) is 49.6 Å². The van der Waals surface area contributed by atoms with E-state index in [0.717, 1.165) is 25.9 Å². The summed E-state index contributed by atoms with van der Waals surface area (Å²) in [5.74, 6) is 0.238. The molecule has 2 heterocycles. The van der Waals surface area contributed by atoms with Crippen molar-refractivity contribution in [1.29, 1.82) is 0 Å². The second-order valence-electron chi connectivity index (χ2n) is 4.92. The number of hydrogen-bond donors (Lipinski definition) is 1. The maximum absolute atomic E-state index is 12.3. The Morgan fingerprint density at radius 2 is 2.12 bits per heavy atom. The molecule has 2 saturated heterocycles. The first-order valence-electron chi connectivity index (χ1n) is 6.24. The average molecular weight is 240 g/mol. The van der Waals surface area contributed by atoms with Gasteiger partial charge in [-0.25, -0.2) is 4.79 Å². The normalized spacial score (nSPS) is 26.5. The largest absolute Gasteiger partial charge is 0.467 e. The lowest BCUT2D eigenvalue weighted by molar-refractivity contribution is -0.153. The van der Waals surface area contributed by atoms with Gasteiger partial charge in [-0.05, 0) is 31.8 Å². The zero-order chi connectivity index (χ0) is 12.4. The molecule has 2 aliphatic rings. The molecule has 0 radical (unpaired) electrons. The molecule has 0 aliphatic carbocycles. The van der Waals surface area contributed by atoms with Crippen molar-refractivity contribution < 1.29 is 14.3 Å². The van der Waals surface area contributed by atoms with Crippen molar-refractivity contribution in [3.8, 4) is 0 Å². The van der Waals surface area contributed by atoms with Crippen LogP contribution in [0.2, 0.25) is 0 Å². The van der Waals surface area contributed by atoms with E-state index < -0.39 is 0 Å². The van der Waals surface area contributed by atoms with Gasteiger partial charge >= 0.3 is 5.97 Å². The summed E-state index contributed by atoms with van der Waals surface area (Å²) in [6.45, 7) is 4.46. The summed E-state index contributed by atoms with van der Waals surface area (Å²) in [6, 6.07) is -0.358. The number of amides is 1. The standard InChI is InChI=1S/C12H20N2O3/c1-8(9-6-13-7-9)11(15)14-5-3-4-10(14)12(16)17-2/h8-10,13H,3-7H2,1-2H3. The van der Waals surface area contributed by atoms with Gasteiger partial charge in [0.2, 0.25) is 5.91 Å². The minimum Gasteiger partial charge on any atom is -0.467 e. The van der Waals surface area contributed by atoms with Gasteiger partial charge in [0, 0.05) is 12.5 Å². The van der Waals surface area contributed by atoms with E-state index in [1.807, 2.05) is 6.92 Å². The Morgan fingerprint density at radius 3 is 2.65 bits per heavy atom.